The highest BCUT2D eigenvalue weighted by atomic mass is 16.5. The Morgan fingerprint density at radius 3 is 2.84 bits per heavy atom. The van der Waals surface area contributed by atoms with Crippen molar-refractivity contribution in [3.8, 4) is 5.75 Å². The van der Waals surface area contributed by atoms with E-state index >= 15 is 0 Å². The van der Waals surface area contributed by atoms with Crippen LogP contribution in [0.2, 0.25) is 0 Å². The molecule has 0 spiro atoms. The summed E-state index contributed by atoms with van der Waals surface area (Å²) in [7, 11) is 1.71. The van der Waals surface area contributed by atoms with Gasteiger partial charge in [0.05, 0.1) is 0 Å². The molecule has 0 fully saturated rings. The summed E-state index contributed by atoms with van der Waals surface area (Å²) in [5.41, 5.74) is 2.63. The molecule has 1 aromatic carbocycles. The molecule has 1 aliphatic rings. The van der Waals surface area contributed by atoms with Crippen molar-refractivity contribution in [2.45, 2.75) is 32.3 Å². The summed E-state index contributed by atoms with van der Waals surface area (Å²) in [5, 5.41) is 0. The van der Waals surface area contributed by atoms with E-state index in [2.05, 4.69) is 6.08 Å². The van der Waals surface area contributed by atoms with E-state index in [0.717, 1.165) is 37.0 Å². The highest BCUT2D eigenvalue weighted by Gasteiger charge is 2.26. The number of carbonyl (C=O) groups is 1. The monoisotopic (exact) mass is 260 g/mol. The Morgan fingerprint density at radius 2 is 2.16 bits per heavy atom. The number of rotatable bonds is 5. The first-order valence-electron chi connectivity index (χ1n) is 6.55. The second-order valence-electron chi connectivity index (χ2n) is 5.34. The second kappa shape index (κ2) is 5.57. The first-order chi connectivity index (χ1) is 9.05. The van der Waals surface area contributed by atoms with E-state index in [9.17, 15) is 4.79 Å². The van der Waals surface area contributed by atoms with Crippen LogP contribution in [-0.2, 0) is 4.74 Å². The van der Waals surface area contributed by atoms with Crippen LogP contribution < -0.4 is 4.74 Å². The van der Waals surface area contributed by atoms with Gasteiger partial charge in [0.2, 0.25) is 0 Å². The molecule has 0 saturated carbocycles. The highest BCUT2D eigenvalue weighted by molar-refractivity contribution is 5.81. The number of methoxy groups -OCH3 is 1. The summed E-state index contributed by atoms with van der Waals surface area (Å²) in [6, 6.07) is 5.57. The van der Waals surface area contributed by atoms with Crippen LogP contribution in [0.5, 0.6) is 5.75 Å². The first kappa shape index (κ1) is 13.8. The van der Waals surface area contributed by atoms with Gasteiger partial charge in [0, 0.05) is 24.8 Å². The third-order valence-corrected chi connectivity index (χ3v) is 3.18. The molecule has 0 bridgehead atoms. The summed E-state index contributed by atoms with van der Waals surface area (Å²) >= 11 is 0. The number of fused-ring (bicyclic) bond motifs is 1. The Morgan fingerprint density at radius 1 is 1.37 bits per heavy atom. The van der Waals surface area contributed by atoms with Crippen LogP contribution in [-0.4, -0.2) is 25.6 Å². The number of allylic oxidation sites excluding steroid dienone is 1. The van der Waals surface area contributed by atoms with Gasteiger partial charge in [-0.05, 0) is 56.5 Å². The van der Waals surface area contributed by atoms with Gasteiger partial charge in [-0.3, -0.25) is 4.79 Å². The molecule has 0 aromatic heterocycles. The molecule has 0 saturated heterocycles. The zero-order valence-electron chi connectivity index (χ0n) is 11.7. The van der Waals surface area contributed by atoms with Gasteiger partial charge in [-0.2, -0.15) is 0 Å². The summed E-state index contributed by atoms with van der Waals surface area (Å²) in [6.07, 6.45) is 4.89. The fraction of sp³-hybridized carbons (Fsp3) is 0.438. The summed E-state index contributed by atoms with van der Waals surface area (Å²) in [4.78, 5) is 10.9. The number of hydrogen-bond acceptors (Lipinski definition) is 3. The SMILES string of the molecule is COCCCC1=CC(C)(C)Oc2ccc(C=O)cc21. The number of aldehydes is 1. The second-order valence-corrected chi connectivity index (χ2v) is 5.34. The molecule has 1 heterocycles. The van der Waals surface area contributed by atoms with Crippen LogP contribution in [0, 0.1) is 0 Å². The number of ether oxygens (including phenoxy) is 2. The molecule has 102 valence electrons. The van der Waals surface area contributed by atoms with E-state index in [4.69, 9.17) is 9.47 Å². The molecule has 3 nitrogen and oxygen atoms in total. The molecule has 19 heavy (non-hydrogen) atoms. The zero-order chi connectivity index (χ0) is 13.9. The Bertz CT molecular complexity index is 501. The Hall–Kier alpha value is -1.61. The molecular weight excluding hydrogens is 240 g/mol. The Balaban J connectivity index is 2.33. The topological polar surface area (TPSA) is 35.5 Å². The summed E-state index contributed by atoms with van der Waals surface area (Å²) in [5.74, 6) is 0.852. The van der Waals surface area contributed by atoms with Gasteiger partial charge in [0.25, 0.3) is 0 Å². The zero-order valence-corrected chi connectivity index (χ0v) is 11.7. The average Bonchev–Trinajstić information content (AvgIpc) is 2.37. The molecule has 0 atom stereocenters. The number of benzene rings is 1. The van der Waals surface area contributed by atoms with Gasteiger partial charge in [0.1, 0.15) is 17.6 Å². The van der Waals surface area contributed by atoms with Crippen molar-refractivity contribution in [2.75, 3.05) is 13.7 Å². The predicted molar refractivity (Wildman–Crippen MR) is 75.6 cm³/mol. The minimum absolute atomic E-state index is 0.307. The molecular formula is C16H20O3. The molecule has 0 unspecified atom stereocenters. The maximum absolute atomic E-state index is 10.9. The maximum Gasteiger partial charge on any atom is 0.150 e. The Labute approximate surface area is 114 Å². The molecule has 1 aliphatic heterocycles. The number of carbonyl (C=O) groups excluding carboxylic acids is 1. The Kier molecular flexibility index (Phi) is 4.05. The standard InChI is InChI=1S/C16H20O3/c1-16(2)10-13(5-4-8-18-3)14-9-12(11-17)6-7-15(14)19-16/h6-7,9-11H,4-5,8H2,1-3H3. The van der Waals surface area contributed by atoms with Crippen molar-refractivity contribution in [3.63, 3.8) is 0 Å². The van der Waals surface area contributed by atoms with Gasteiger partial charge in [-0.25, -0.2) is 0 Å². The van der Waals surface area contributed by atoms with Crippen LogP contribution in [0.3, 0.4) is 0 Å². The van der Waals surface area contributed by atoms with E-state index < -0.39 is 0 Å². The number of hydrogen-bond donors (Lipinski definition) is 0. The van der Waals surface area contributed by atoms with E-state index in [1.165, 1.54) is 5.57 Å². The van der Waals surface area contributed by atoms with E-state index in [0.29, 0.717) is 5.56 Å². The largest absolute Gasteiger partial charge is 0.483 e. The van der Waals surface area contributed by atoms with Crippen molar-refractivity contribution >= 4 is 11.9 Å². The van der Waals surface area contributed by atoms with E-state index in [1.54, 1.807) is 13.2 Å². The highest BCUT2D eigenvalue weighted by Crippen LogP contribution is 2.38. The van der Waals surface area contributed by atoms with Crippen molar-refractivity contribution in [2.24, 2.45) is 0 Å². The van der Waals surface area contributed by atoms with Crippen molar-refractivity contribution in [1.82, 2.24) is 0 Å². The van der Waals surface area contributed by atoms with E-state index in [-0.39, 0.29) is 5.60 Å². The van der Waals surface area contributed by atoms with Crippen molar-refractivity contribution in [1.29, 1.82) is 0 Å². The quantitative estimate of drug-likeness (QED) is 0.600. The fourth-order valence-corrected chi connectivity index (χ4v) is 2.38. The lowest BCUT2D eigenvalue weighted by Gasteiger charge is -2.31. The van der Waals surface area contributed by atoms with Crippen molar-refractivity contribution in [3.05, 3.63) is 35.4 Å². The van der Waals surface area contributed by atoms with Gasteiger partial charge >= 0.3 is 0 Å². The third kappa shape index (κ3) is 3.24. The normalized spacial score (nSPS) is 16.3. The lowest BCUT2D eigenvalue weighted by atomic mass is 9.91. The lowest BCUT2D eigenvalue weighted by molar-refractivity contribution is 0.112. The molecule has 0 amide bonds. The third-order valence-electron chi connectivity index (χ3n) is 3.18. The lowest BCUT2D eigenvalue weighted by Crippen LogP contribution is -2.29. The fourth-order valence-electron chi connectivity index (χ4n) is 2.38. The predicted octanol–water partition coefficient (Wildman–Crippen LogP) is 3.48. The van der Waals surface area contributed by atoms with Gasteiger partial charge < -0.3 is 9.47 Å². The molecule has 3 heteroatoms. The minimum Gasteiger partial charge on any atom is -0.483 e. The molecule has 0 N–H and O–H groups in total. The van der Waals surface area contributed by atoms with Crippen molar-refractivity contribution < 1.29 is 14.3 Å². The van der Waals surface area contributed by atoms with Crippen LogP contribution in [0.15, 0.2) is 24.3 Å². The molecule has 0 radical (unpaired) electrons. The maximum atomic E-state index is 10.9. The van der Waals surface area contributed by atoms with Crippen LogP contribution in [0.25, 0.3) is 5.57 Å². The van der Waals surface area contributed by atoms with Crippen LogP contribution >= 0.6 is 0 Å². The summed E-state index contributed by atoms with van der Waals surface area (Å²) < 4.78 is 11.0. The summed E-state index contributed by atoms with van der Waals surface area (Å²) in [6.45, 7) is 4.82. The van der Waals surface area contributed by atoms with E-state index in [1.807, 2.05) is 26.0 Å². The van der Waals surface area contributed by atoms with Crippen LogP contribution in [0.1, 0.15) is 42.6 Å². The first-order valence-corrected chi connectivity index (χ1v) is 6.55. The van der Waals surface area contributed by atoms with Crippen LogP contribution in [0.4, 0.5) is 0 Å². The van der Waals surface area contributed by atoms with Gasteiger partial charge in [-0.1, -0.05) is 0 Å². The molecule has 0 aliphatic carbocycles. The smallest absolute Gasteiger partial charge is 0.150 e. The minimum atomic E-state index is -0.307. The van der Waals surface area contributed by atoms with Gasteiger partial charge in [-0.15, -0.1) is 0 Å². The molecule has 2 rings (SSSR count). The van der Waals surface area contributed by atoms with Gasteiger partial charge in [0.15, 0.2) is 0 Å². The average molecular weight is 260 g/mol. The molecule has 1 aromatic rings.